The van der Waals surface area contributed by atoms with Crippen molar-refractivity contribution >= 4 is 16.0 Å². The molecule has 0 amide bonds. The zero-order chi connectivity index (χ0) is 27.7. The Morgan fingerprint density at radius 2 is 1.92 bits per heavy atom. The molecule has 3 N–H and O–H groups in total. The zero-order valence-corrected chi connectivity index (χ0v) is 24.1. The third kappa shape index (κ3) is 8.28. The molecule has 1 aromatic carbocycles. The quantitative estimate of drug-likeness (QED) is 0.284. The SMILES string of the molecule is C/C=C\C=C(/OC)S(=O)(=O)Nc1nc(O[C@@H]2CNC[C@H](CCC(C)C)NC2)cc(-c2c(C)cccc2C)n1. The second-order valence-electron chi connectivity index (χ2n) is 9.98. The van der Waals surface area contributed by atoms with Crippen LogP contribution in [0.1, 0.15) is 44.7 Å². The van der Waals surface area contributed by atoms with Crippen molar-refractivity contribution in [2.45, 2.75) is 59.6 Å². The molecular weight excluding hydrogens is 502 g/mol. The van der Waals surface area contributed by atoms with Crippen molar-refractivity contribution in [2.24, 2.45) is 5.92 Å². The van der Waals surface area contributed by atoms with Crippen LogP contribution in [0, 0.1) is 19.8 Å². The van der Waals surface area contributed by atoms with Crippen molar-refractivity contribution in [2.75, 3.05) is 31.5 Å². The Morgan fingerprint density at radius 1 is 1.18 bits per heavy atom. The fourth-order valence-electron chi connectivity index (χ4n) is 4.34. The van der Waals surface area contributed by atoms with Gasteiger partial charge in [-0.15, -0.1) is 0 Å². The highest BCUT2D eigenvalue weighted by atomic mass is 32.2. The van der Waals surface area contributed by atoms with Gasteiger partial charge in [-0.25, -0.2) is 9.71 Å². The molecule has 0 spiro atoms. The molecule has 3 rings (SSSR count). The number of hydrogen-bond donors (Lipinski definition) is 3. The molecule has 1 fully saturated rings. The van der Waals surface area contributed by atoms with Crippen LogP contribution in [0.2, 0.25) is 0 Å². The molecule has 38 heavy (non-hydrogen) atoms. The van der Waals surface area contributed by atoms with Gasteiger partial charge in [-0.2, -0.15) is 13.4 Å². The number of nitrogens with zero attached hydrogens (tertiary/aromatic N) is 2. The molecule has 0 unspecified atom stereocenters. The van der Waals surface area contributed by atoms with E-state index in [1.54, 1.807) is 25.1 Å². The number of sulfonamides is 1. The fraction of sp³-hybridized carbons (Fsp3) is 0.500. The summed E-state index contributed by atoms with van der Waals surface area (Å²) < 4.78 is 39.9. The predicted molar refractivity (Wildman–Crippen MR) is 153 cm³/mol. The molecule has 0 bridgehead atoms. The van der Waals surface area contributed by atoms with E-state index in [4.69, 9.17) is 9.47 Å². The van der Waals surface area contributed by atoms with Gasteiger partial charge < -0.3 is 20.1 Å². The Kier molecular flexibility index (Phi) is 10.7. The minimum absolute atomic E-state index is 0.0899. The van der Waals surface area contributed by atoms with Crippen LogP contribution in [-0.2, 0) is 14.8 Å². The first-order valence-electron chi connectivity index (χ1n) is 13.1. The lowest BCUT2D eigenvalue weighted by Gasteiger charge is -2.19. The van der Waals surface area contributed by atoms with Gasteiger partial charge in [0.05, 0.1) is 12.8 Å². The molecule has 2 atom stereocenters. The molecule has 1 aromatic heterocycles. The van der Waals surface area contributed by atoms with Crippen molar-refractivity contribution in [3.8, 4) is 17.1 Å². The monoisotopic (exact) mass is 543 g/mol. The number of benzene rings is 1. The number of aryl methyl sites for hydroxylation is 2. The van der Waals surface area contributed by atoms with Gasteiger partial charge in [-0.3, -0.25) is 0 Å². The number of rotatable bonds is 11. The molecule has 1 saturated heterocycles. The summed E-state index contributed by atoms with van der Waals surface area (Å²) in [6, 6.07) is 8.11. The molecule has 0 saturated carbocycles. The van der Waals surface area contributed by atoms with E-state index in [-0.39, 0.29) is 17.1 Å². The van der Waals surface area contributed by atoms with Gasteiger partial charge >= 0.3 is 0 Å². The molecule has 0 aliphatic carbocycles. The lowest BCUT2D eigenvalue weighted by molar-refractivity contribution is 0.195. The maximum absolute atomic E-state index is 13.0. The van der Waals surface area contributed by atoms with Crippen molar-refractivity contribution < 1.29 is 17.9 Å². The first kappa shape index (κ1) is 29.6. The van der Waals surface area contributed by atoms with Crippen LogP contribution in [-0.4, -0.2) is 57.3 Å². The molecule has 2 heterocycles. The summed E-state index contributed by atoms with van der Waals surface area (Å²) in [4.78, 5) is 8.98. The summed E-state index contributed by atoms with van der Waals surface area (Å²) in [5.74, 6) is 0.860. The fourth-order valence-corrected chi connectivity index (χ4v) is 5.25. The van der Waals surface area contributed by atoms with Gasteiger partial charge in [0.2, 0.25) is 16.9 Å². The summed E-state index contributed by atoms with van der Waals surface area (Å²) in [7, 11) is -2.76. The lowest BCUT2D eigenvalue weighted by Crippen LogP contribution is -2.37. The standard InChI is InChI=1S/C28H41N5O4S/c1-7-8-12-26(36-6)38(34,35)33-28-31-24(27-20(4)10-9-11-21(27)5)15-25(32-28)37-23-17-29-16-22(30-18-23)14-13-19(2)3/h7-12,15,19,22-23,29-30H,13-14,16-18H2,1-6H3,(H,31,32,33)/b8-7-,26-12+/t22-,23+/m0/s1. The normalized spacial score (nSPS) is 19.0. The van der Waals surface area contributed by atoms with E-state index in [1.807, 2.05) is 32.0 Å². The third-order valence-electron chi connectivity index (χ3n) is 6.33. The van der Waals surface area contributed by atoms with E-state index < -0.39 is 10.0 Å². The largest absolute Gasteiger partial charge is 0.485 e. The Balaban J connectivity index is 1.92. The first-order valence-corrected chi connectivity index (χ1v) is 14.6. The minimum atomic E-state index is -4.06. The molecule has 9 nitrogen and oxygen atoms in total. The Labute approximate surface area is 227 Å². The Hall–Kier alpha value is -2.95. The maximum atomic E-state index is 13.0. The van der Waals surface area contributed by atoms with Gasteiger partial charge in [0.25, 0.3) is 10.0 Å². The summed E-state index contributed by atoms with van der Waals surface area (Å²) in [6.07, 6.45) is 6.73. The topological polar surface area (TPSA) is 114 Å². The number of hydrogen-bond acceptors (Lipinski definition) is 8. The Morgan fingerprint density at radius 3 is 2.58 bits per heavy atom. The van der Waals surface area contributed by atoms with Crippen molar-refractivity contribution in [3.05, 3.63) is 58.7 Å². The van der Waals surface area contributed by atoms with E-state index in [9.17, 15) is 8.42 Å². The van der Waals surface area contributed by atoms with Gasteiger partial charge in [0.1, 0.15) is 6.10 Å². The molecule has 0 radical (unpaired) electrons. The Bertz CT molecular complexity index is 1220. The van der Waals surface area contributed by atoms with Crippen LogP contribution in [0.25, 0.3) is 11.3 Å². The smallest absolute Gasteiger partial charge is 0.297 e. The zero-order valence-electron chi connectivity index (χ0n) is 23.2. The van der Waals surface area contributed by atoms with Crippen LogP contribution >= 0.6 is 0 Å². The second kappa shape index (κ2) is 13.7. The summed E-state index contributed by atoms with van der Waals surface area (Å²) in [5.41, 5.74) is 3.51. The van der Waals surface area contributed by atoms with E-state index in [0.29, 0.717) is 36.6 Å². The molecular formula is C28H41N5O4S. The van der Waals surface area contributed by atoms with Crippen LogP contribution < -0.4 is 20.1 Å². The summed E-state index contributed by atoms with van der Waals surface area (Å²) in [6.45, 7) is 12.4. The van der Waals surface area contributed by atoms with Crippen LogP contribution in [0.15, 0.2) is 47.6 Å². The molecule has 1 aliphatic heterocycles. The van der Waals surface area contributed by atoms with Gasteiger partial charge in [0, 0.05) is 37.3 Å². The number of ether oxygens (including phenoxy) is 2. The molecule has 2 aromatic rings. The average molecular weight is 544 g/mol. The highest BCUT2D eigenvalue weighted by Crippen LogP contribution is 2.29. The van der Waals surface area contributed by atoms with E-state index >= 15 is 0 Å². The molecule has 10 heteroatoms. The van der Waals surface area contributed by atoms with Crippen LogP contribution in [0.3, 0.4) is 0 Å². The van der Waals surface area contributed by atoms with E-state index in [1.165, 1.54) is 13.2 Å². The number of methoxy groups -OCH3 is 1. The second-order valence-corrected chi connectivity index (χ2v) is 11.6. The summed E-state index contributed by atoms with van der Waals surface area (Å²) >= 11 is 0. The highest BCUT2D eigenvalue weighted by molar-refractivity contribution is 7.96. The lowest BCUT2D eigenvalue weighted by atomic mass is 10.00. The third-order valence-corrected chi connectivity index (χ3v) is 7.62. The first-order chi connectivity index (χ1) is 18.1. The highest BCUT2D eigenvalue weighted by Gasteiger charge is 2.23. The van der Waals surface area contributed by atoms with Gasteiger partial charge in [-0.1, -0.05) is 44.2 Å². The van der Waals surface area contributed by atoms with Crippen molar-refractivity contribution in [3.63, 3.8) is 0 Å². The van der Waals surface area contributed by atoms with Crippen molar-refractivity contribution in [1.82, 2.24) is 20.6 Å². The number of anilines is 1. The average Bonchev–Trinajstić information content (AvgIpc) is 3.07. The van der Waals surface area contributed by atoms with Crippen LogP contribution in [0.5, 0.6) is 5.88 Å². The van der Waals surface area contributed by atoms with Crippen LogP contribution in [0.4, 0.5) is 5.95 Å². The summed E-state index contributed by atoms with van der Waals surface area (Å²) in [5, 5.41) is 6.83. The minimum Gasteiger partial charge on any atom is -0.485 e. The number of nitrogens with one attached hydrogen (secondary N) is 3. The number of aromatic nitrogens is 2. The number of allylic oxidation sites excluding steroid dienone is 3. The van der Waals surface area contributed by atoms with Crippen molar-refractivity contribution in [1.29, 1.82) is 0 Å². The maximum Gasteiger partial charge on any atom is 0.297 e. The van der Waals surface area contributed by atoms with Gasteiger partial charge in [-0.05, 0) is 56.7 Å². The molecule has 208 valence electrons. The van der Waals surface area contributed by atoms with E-state index in [0.717, 1.165) is 36.1 Å². The predicted octanol–water partition coefficient (Wildman–Crippen LogP) is 4.31. The molecule has 1 aliphatic rings. The van der Waals surface area contributed by atoms with Gasteiger partial charge in [0.15, 0.2) is 0 Å². The van der Waals surface area contributed by atoms with E-state index in [2.05, 4.69) is 39.2 Å².